The number of nitrogens with one attached hydrogen (secondary N) is 1. The van der Waals surface area contributed by atoms with Gasteiger partial charge in [0.2, 0.25) is 15.9 Å². The minimum Gasteiger partial charge on any atom is -0.495 e. The molecular formula is C19H21N3O4S2. The van der Waals surface area contributed by atoms with Crippen molar-refractivity contribution in [3.05, 3.63) is 52.9 Å². The van der Waals surface area contributed by atoms with E-state index in [1.54, 1.807) is 29.5 Å². The molecule has 9 heteroatoms. The fraction of sp³-hybridized carbons (Fsp3) is 0.263. The van der Waals surface area contributed by atoms with Crippen molar-refractivity contribution in [3.8, 4) is 22.2 Å². The first-order valence-corrected chi connectivity index (χ1v) is 10.9. The maximum Gasteiger partial charge on any atom is 0.244 e. The number of hydrogen-bond donors (Lipinski definition) is 1. The molecule has 0 aliphatic heterocycles. The monoisotopic (exact) mass is 419 g/mol. The third-order valence-electron chi connectivity index (χ3n) is 4.13. The molecule has 0 saturated carbocycles. The number of thiophene rings is 1. The molecule has 2 heterocycles. The first kappa shape index (κ1) is 20.2. The number of aromatic nitrogens is 2. The van der Waals surface area contributed by atoms with E-state index in [9.17, 15) is 8.42 Å². The van der Waals surface area contributed by atoms with Crippen LogP contribution in [-0.2, 0) is 10.0 Å². The predicted molar refractivity (Wildman–Crippen MR) is 108 cm³/mol. The van der Waals surface area contributed by atoms with Crippen LogP contribution < -0.4 is 14.2 Å². The van der Waals surface area contributed by atoms with Gasteiger partial charge in [0.05, 0.1) is 12.0 Å². The third-order valence-corrected chi connectivity index (χ3v) is 6.50. The Balaban J connectivity index is 1.58. The number of sulfonamides is 1. The van der Waals surface area contributed by atoms with E-state index < -0.39 is 10.0 Å². The fourth-order valence-corrected chi connectivity index (χ4v) is 4.43. The van der Waals surface area contributed by atoms with Gasteiger partial charge in [-0.1, -0.05) is 6.07 Å². The Morgan fingerprint density at radius 1 is 1.11 bits per heavy atom. The molecule has 1 aromatic carbocycles. The lowest BCUT2D eigenvalue weighted by molar-refractivity contribution is 0.307. The number of benzene rings is 1. The lowest BCUT2D eigenvalue weighted by Gasteiger charge is -2.13. The number of ether oxygens (including phenoxy) is 2. The third kappa shape index (κ3) is 4.67. The van der Waals surface area contributed by atoms with Crippen LogP contribution in [0.25, 0.3) is 10.6 Å². The Morgan fingerprint density at radius 2 is 1.89 bits per heavy atom. The predicted octanol–water partition coefficient (Wildman–Crippen LogP) is 3.19. The summed E-state index contributed by atoms with van der Waals surface area (Å²) in [5, 5.41) is 10.1. The second-order valence-corrected chi connectivity index (χ2v) is 8.75. The summed E-state index contributed by atoms with van der Waals surface area (Å²) in [6.45, 7) is 3.97. The summed E-state index contributed by atoms with van der Waals surface area (Å²) in [7, 11) is -2.27. The summed E-state index contributed by atoms with van der Waals surface area (Å²) in [4.78, 5) is 1.13. The highest BCUT2D eigenvalue weighted by Crippen LogP contribution is 2.27. The first-order chi connectivity index (χ1) is 13.4. The number of rotatable bonds is 8. The van der Waals surface area contributed by atoms with Crippen LogP contribution in [0.4, 0.5) is 0 Å². The maximum atomic E-state index is 12.6. The molecule has 0 radical (unpaired) electrons. The van der Waals surface area contributed by atoms with Crippen molar-refractivity contribution in [1.29, 1.82) is 0 Å². The van der Waals surface area contributed by atoms with Gasteiger partial charge in [-0.2, -0.15) is 0 Å². The zero-order valence-corrected chi connectivity index (χ0v) is 17.4. The maximum absolute atomic E-state index is 12.6. The molecule has 28 heavy (non-hydrogen) atoms. The van der Waals surface area contributed by atoms with Crippen LogP contribution in [0.15, 0.2) is 46.7 Å². The summed E-state index contributed by atoms with van der Waals surface area (Å²) in [6, 6.07) is 10.8. The Morgan fingerprint density at radius 3 is 2.54 bits per heavy atom. The highest BCUT2D eigenvalue weighted by atomic mass is 32.2. The van der Waals surface area contributed by atoms with Crippen LogP contribution in [0.5, 0.6) is 11.6 Å². The van der Waals surface area contributed by atoms with Crippen molar-refractivity contribution in [1.82, 2.24) is 14.9 Å². The molecule has 148 valence electrons. The molecule has 3 rings (SSSR count). The van der Waals surface area contributed by atoms with E-state index in [0.29, 0.717) is 11.6 Å². The van der Waals surface area contributed by atoms with Gasteiger partial charge in [0, 0.05) is 12.6 Å². The zero-order valence-electron chi connectivity index (χ0n) is 15.8. The lowest BCUT2D eigenvalue weighted by atomic mass is 10.1. The normalized spacial score (nSPS) is 11.4. The van der Waals surface area contributed by atoms with Crippen LogP contribution in [-0.4, -0.2) is 38.9 Å². The highest BCUT2D eigenvalue weighted by molar-refractivity contribution is 7.89. The Labute approximate surface area is 168 Å². The number of nitrogens with zero attached hydrogens (tertiary/aromatic N) is 2. The van der Waals surface area contributed by atoms with Gasteiger partial charge in [0.15, 0.2) is 0 Å². The van der Waals surface area contributed by atoms with E-state index >= 15 is 0 Å². The topological polar surface area (TPSA) is 90.4 Å². The number of aryl methyl sites for hydroxylation is 2. The smallest absolute Gasteiger partial charge is 0.244 e. The van der Waals surface area contributed by atoms with Gasteiger partial charge in [0.1, 0.15) is 22.9 Å². The summed E-state index contributed by atoms with van der Waals surface area (Å²) >= 11 is 1.58. The van der Waals surface area contributed by atoms with Gasteiger partial charge < -0.3 is 9.47 Å². The lowest BCUT2D eigenvalue weighted by Crippen LogP contribution is -2.28. The Bertz CT molecular complexity index is 1030. The van der Waals surface area contributed by atoms with Crippen molar-refractivity contribution in [2.24, 2.45) is 0 Å². The quantitative estimate of drug-likeness (QED) is 0.564. The minimum absolute atomic E-state index is 0.0900. The molecule has 0 unspecified atom stereocenters. The van der Waals surface area contributed by atoms with Crippen LogP contribution >= 0.6 is 11.3 Å². The average Bonchev–Trinajstić information content (AvgIpc) is 3.22. The van der Waals surface area contributed by atoms with Crippen LogP contribution in [0.1, 0.15) is 11.1 Å². The Hall–Kier alpha value is -2.49. The molecule has 0 atom stereocenters. The zero-order chi connectivity index (χ0) is 20.1. The minimum atomic E-state index is -3.72. The van der Waals surface area contributed by atoms with Gasteiger partial charge in [-0.3, -0.25) is 0 Å². The molecule has 7 nitrogen and oxygen atoms in total. The SMILES string of the molecule is COc1cc(C)c(C)cc1S(=O)(=O)NCCOc1ccc(-c2cccs2)nn1. The van der Waals surface area contributed by atoms with Crippen molar-refractivity contribution in [2.45, 2.75) is 18.7 Å². The summed E-state index contributed by atoms with van der Waals surface area (Å²) < 4.78 is 38.4. The van der Waals surface area contributed by atoms with Crippen LogP contribution in [0.3, 0.4) is 0 Å². The van der Waals surface area contributed by atoms with Gasteiger partial charge in [-0.25, -0.2) is 13.1 Å². The van der Waals surface area contributed by atoms with E-state index in [2.05, 4.69) is 14.9 Å². The summed E-state index contributed by atoms with van der Waals surface area (Å²) in [5.41, 5.74) is 2.60. The van der Waals surface area contributed by atoms with E-state index in [1.807, 2.05) is 37.4 Å². The highest BCUT2D eigenvalue weighted by Gasteiger charge is 2.20. The van der Waals surface area contributed by atoms with Crippen LogP contribution in [0.2, 0.25) is 0 Å². The summed E-state index contributed by atoms with van der Waals surface area (Å²) in [5.74, 6) is 0.648. The van der Waals surface area contributed by atoms with Crippen molar-refractivity contribution in [2.75, 3.05) is 20.3 Å². The molecule has 0 fully saturated rings. The molecule has 0 amide bonds. The molecule has 0 aliphatic carbocycles. The second-order valence-electron chi connectivity index (χ2n) is 6.07. The van der Waals surface area contributed by atoms with E-state index in [1.165, 1.54) is 7.11 Å². The van der Waals surface area contributed by atoms with Gasteiger partial charge in [-0.15, -0.1) is 21.5 Å². The van der Waals surface area contributed by atoms with Gasteiger partial charge in [0.25, 0.3) is 0 Å². The van der Waals surface area contributed by atoms with Crippen molar-refractivity contribution < 1.29 is 17.9 Å². The van der Waals surface area contributed by atoms with E-state index in [4.69, 9.17) is 9.47 Å². The summed E-state index contributed by atoms with van der Waals surface area (Å²) in [6.07, 6.45) is 0. The van der Waals surface area contributed by atoms with Crippen molar-refractivity contribution >= 4 is 21.4 Å². The number of hydrogen-bond acceptors (Lipinski definition) is 7. The molecule has 0 spiro atoms. The van der Waals surface area contributed by atoms with Crippen LogP contribution in [0, 0.1) is 13.8 Å². The molecule has 0 saturated heterocycles. The first-order valence-electron chi connectivity index (χ1n) is 8.56. The molecule has 2 aromatic heterocycles. The van der Waals surface area contributed by atoms with E-state index in [0.717, 1.165) is 21.7 Å². The van der Waals surface area contributed by atoms with Crippen molar-refractivity contribution in [3.63, 3.8) is 0 Å². The molecule has 0 bridgehead atoms. The van der Waals surface area contributed by atoms with Gasteiger partial charge >= 0.3 is 0 Å². The molecule has 0 aliphatic rings. The molecule has 3 aromatic rings. The second kappa shape index (κ2) is 8.68. The Kier molecular flexibility index (Phi) is 6.28. The molecular weight excluding hydrogens is 398 g/mol. The number of methoxy groups -OCH3 is 1. The van der Waals surface area contributed by atoms with E-state index in [-0.39, 0.29) is 18.0 Å². The standard InChI is InChI=1S/C19H21N3O4S2/c1-13-11-16(25-3)18(12-14(13)2)28(23,24)20-8-9-26-19-7-6-15(21-22-19)17-5-4-10-27-17/h4-7,10-12,20H,8-9H2,1-3H3. The molecule has 1 N–H and O–H groups in total. The fourth-order valence-electron chi connectivity index (χ4n) is 2.49. The largest absolute Gasteiger partial charge is 0.495 e. The van der Waals surface area contributed by atoms with Gasteiger partial charge in [-0.05, 0) is 54.6 Å². The average molecular weight is 420 g/mol.